The van der Waals surface area contributed by atoms with Gasteiger partial charge >= 0.3 is 5.97 Å². The first-order valence-corrected chi connectivity index (χ1v) is 6.54. The van der Waals surface area contributed by atoms with Crippen molar-refractivity contribution in [1.29, 1.82) is 0 Å². The van der Waals surface area contributed by atoms with Crippen LogP contribution >= 0.6 is 0 Å². The molecular formula is C15H20O4. The number of methoxy groups -OCH3 is 1. The lowest BCUT2D eigenvalue weighted by Crippen LogP contribution is -2.43. The summed E-state index contributed by atoms with van der Waals surface area (Å²) in [5.74, 6) is -0.281. The maximum absolute atomic E-state index is 11.5. The molecule has 0 spiro atoms. The molecule has 4 atom stereocenters. The van der Waals surface area contributed by atoms with E-state index >= 15 is 0 Å². The lowest BCUT2D eigenvalue weighted by atomic mass is 9.99. The molecule has 0 amide bonds. The standard InChI is InChI=1S/C15H20O4/c1-10-11(2)19-15(12-7-5-4-6-8-12)13(18-10)9-14(16)17-3/h4-8,10-11,13,15H,9H2,1-3H3/t10-,11-,13+,15+/m1/s1. The molecule has 0 aliphatic carbocycles. The summed E-state index contributed by atoms with van der Waals surface area (Å²) >= 11 is 0. The van der Waals surface area contributed by atoms with Gasteiger partial charge in [-0.05, 0) is 19.4 Å². The third-order valence-corrected chi connectivity index (χ3v) is 3.47. The van der Waals surface area contributed by atoms with E-state index in [1.807, 2.05) is 44.2 Å². The van der Waals surface area contributed by atoms with E-state index in [9.17, 15) is 4.79 Å². The van der Waals surface area contributed by atoms with E-state index in [0.717, 1.165) is 5.56 Å². The molecular weight excluding hydrogens is 244 g/mol. The van der Waals surface area contributed by atoms with Crippen molar-refractivity contribution in [2.24, 2.45) is 0 Å². The van der Waals surface area contributed by atoms with Crippen LogP contribution in [0.3, 0.4) is 0 Å². The minimum atomic E-state index is -0.305. The Hall–Kier alpha value is -1.39. The topological polar surface area (TPSA) is 44.8 Å². The summed E-state index contributed by atoms with van der Waals surface area (Å²) in [6.45, 7) is 3.94. The van der Waals surface area contributed by atoms with Gasteiger partial charge in [0.05, 0.1) is 31.8 Å². The van der Waals surface area contributed by atoms with Gasteiger partial charge in [-0.15, -0.1) is 0 Å². The SMILES string of the molecule is COC(=O)C[C@@H]1O[C@H](C)[C@@H](C)O[C@H]1c1ccccc1. The largest absolute Gasteiger partial charge is 0.469 e. The van der Waals surface area contributed by atoms with E-state index in [1.165, 1.54) is 7.11 Å². The average Bonchev–Trinajstić information content (AvgIpc) is 2.43. The highest BCUT2D eigenvalue weighted by Crippen LogP contribution is 2.33. The maximum Gasteiger partial charge on any atom is 0.308 e. The van der Waals surface area contributed by atoms with Gasteiger partial charge in [-0.2, -0.15) is 0 Å². The summed E-state index contributed by atoms with van der Waals surface area (Å²) in [6.07, 6.45) is -0.367. The Balaban J connectivity index is 2.18. The number of rotatable bonds is 3. The molecule has 1 aliphatic rings. The van der Waals surface area contributed by atoms with Crippen molar-refractivity contribution in [2.75, 3.05) is 7.11 Å². The zero-order chi connectivity index (χ0) is 13.8. The minimum Gasteiger partial charge on any atom is -0.469 e. The first kappa shape index (κ1) is 14.0. The molecule has 0 radical (unpaired) electrons. The highest BCUT2D eigenvalue weighted by molar-refractivity contribution is 5.69. The van der Waals surface area contributed by atoms with Crippen LogP contribution < -0.4 is 0 Å². The van der Waals surface area contributed by atoms with Crippen molar-refractivity contribution in [1.82, 2.24) is 0 Å². The van der Waals surface area contributed by atoms with E-state index in [4.69, 9.17) is 14.2 Å². The molecule has 1 heterocycles. The summed E-state index contributed by atoms with van der Waals surface area (Å²) in [6, 6.07) is 9.84. The van der Waals surface area contributed by atoms with E-state index in [-0.39, 0.29) is 36.8 Å². The molecule has 2 rings (SSSR count). The predicted octanol–water partition coefficient (Wildman–Crippen LogP) is 2.48. The van der Waals surface area contributed by atoms with Crippen LogP contribution in [0.5, 0.6) is 0 Å². The van der Waals surface area contributed by atoms with Gasteiger partial charge < -0.3 is 14.2 Å². The van der Waals surface area contributed by atoms with Crippen molar-refractivity contribution in [3.8, 4) is 0 Å². The van der Waals surface area contributed by atoms with Gasteiger partial charge in [0.15, 0.2) is 0 Å². The Morgan fingerprint density at radius 3 is 2.42 bits per heavy atom. The zero-order valence-electron chi connectivity index (χ0n) is 11.5. The van der Waals surface area contributed by atoms with Crippen LogP contribution in [0.25, 0.3) is 0 Å². The second-order valence-corrected chi connectivity index (χ2v) is 4.83. The number of hydrogen-bond acceptors (Lipinski definition) is 4. The van der Waals surface area contributed by atoms with Gasteiger partial charge in [0.1, 0.15) is 6.10 Å². The van der Waals surface area contributed by atoms with Gasteiger partial charge in [-0.25, -0.2) is 0 Å². The van der Waals surface area contributed by atoms with Crippen molar-refractivity contribution in [3.63, 3.8) is 0 Å². The summed E-state index contributed by atoms with van der Waals surface area (Å²) in [5, 5.41) is 0. The molecule has 19 heavy (non-hydrogen) atoms. The summed E-state index contributed by atoms with van der Waals surface area (Å²) < 4.78 is 16.6. The van der Waals surface area contributed by atoms with E-state index in [2.05, 4.69) is 0 Å². The highest BCUT2D eigenvalue weighted by atomic mass is 16.6. The van der Waals surface area contributed by atoms with E-state index in [1.54, 1.807) is 0 Å². The number of carbonyl (C=O) groups excluding carboxylic acids is 1. The molecule has 1 fully saturated rings. The molecule has 0 saturated carbocycles. The van der Waals surface area contributed by atoms with Crippen molar-refractivity contribution >= 4 is 5.97 Å². The molecule has 0 aromatic heterocycles. The lowest BCUT2D eigenvalue weighted by Gasteiger charge is -2.39. The second kappa shape index (κ2) is 6.17. The number of ether oxygens (including phenoxy) is 3. The first-order valence-electron chi connectivity index (χ1n) is 6.54. The smallest absolute Gasteiger partial charge is 0.308 e. The van der Waals surface area contributed by atoms with Crippen LogP contribution in [-0.2, 0) is 19.0 Å². The number of carbonyl (C=O) groups is 1. The quantitative estimate of drug-likeness (QED) is 0.787. The summed E-state index contributed by atoms with van der Waals surface area (Å²) in [7, 11) is 1.38. The van der Waals surface area contributed by atoms with Crippen molar-refractivity contribution < 1.29 is 19.0 Å². The van der Waals surface area contributed by atoms with Crippen LogP contribution in [0.4, 0.5) is 0 Å². The Bertz CT molecular complexity index is 417. The second-order valence-electron chi connectivity index (χ2n) is 4.83. The van der Waals surface area contributed by atoms with Gasteiger partial charge in [-0.1, -0.05) is 30.3 Å². The van der Waals surface area contributed by atoms with Crippen molar-refractivity contribution in [3.05, 3.63) is 35.9 Å². The molecule has 1 aliphatic heterocycles. The van der Waals surface area contributed by atoms with Crippen LogP contribution in [0.1, 0.15) is 31.9 Å². The maximum atomic E-state index is 11.5. The molecule has 4 heteroatoms. The Morgan fingerprint density at radius 1 is 1.16 bits per heavy atom. The Labute approximate surface area is 113 Å². The fourth-order valence-electron chi connectivity index (χ4n) is 2.23. The third kappa shape index (κ3) is 3.33. The molecule has 1 aromatic rings. The first-order chi connectivity index (χ1) is 9.11. The molecule has 1 saturated heterocycles. The number of esters is 1. The summed E-state index contributed by atoms with van der Waals surface area (Å²) in [5.41, 5.74) is 1.02. The fourth-order valence-corrected chi connectivity index (χ4v) is 2.23. The van der Waals surface area contributed by atoms with Crippen molar-refractivity contribution in [2.45, 2.75) is 44.7 Å². The number of benzene rings is 1. The van der Waals surface area contributed by atoms with Crippen LogP contribution in [0, 0.1) is 0 Å². The van der Waals surface area contributed by atoms with Crippen LogP contribution in [0.2, 0.25) is 0 Å². The third-order valence-electron chi connectivity index (χ3n) is 3.47. The zero-order valence-corrected chi connectivity index (χ0v) is 11.5. The van der Waals surface area contributed by atoms with E-state index < -0.39 is 0 Å². The molecule has 104 valence electrons. The summed E-state index contributed by atoms with van der Waals surface area (Å²) in [4.78, 5) is 11.5. The highest BCUT2D eigenvalue weighted by Gasteiger charge is 2.36. The monoisotopic (exact) mass is 264 g/mol. The predicted molar refractivity (Wildman–Crippen MR) is 70.7 cm³/mol. The lowest BCUT2D eigenvalue weighted by molar-refractivity contribution is -0.216. The number of hydrogen-bond donors (Lipinski definition) is 0. The molecule has 0 bridgehead atoms. The van der Waals surface area contributed by atoms with Gasteiger partial charge in [0.25, 0.3) is 0 Å². The Morgan fingerprint density at radius 2 is 1.79 bits per heavy atom. The van der Waals surface area contributed by atoms with Crippen LogP contribution in [-0.4, -0.2) is 31.4 Å². The van der Waals surface area contributed by atoms with Crippen LogP contribution in [0.15, 0.2) is 30.3 Å². The molecule has 4 nitrogen and oxygen atoms in total. The van der Waals surface area contributed by atoms with Gasteiger partial charge in [-0.3, -0.25) is 4.79 Å². The normalized spacial score (nSPS) is 30.9. The fraction of sp³-hybridized carbons (Fsp3) is 0.533. The molecule has 0 unspecified atom stereocenters. The van der Waals surface area contributed by atoms with Gasteiger partial charge in [0.2, 0.25) is 0 Å². The van der Waals surface area contributed by atoms with Gasteiger partial charge in [0, 0.05) is 0 Å². The minimum absolute atomic E-state index is 0.000830. The average molecular weight is 264 g/mol. The molecule has 1 aromatic carbocycles. The Kier molecular flexibility index (Phi) is 4.56. The van der Waals surface area contributed by atoms with E-state index in [0.29, 0.717) is 0 Å². The molecule has 0 N–H and O–H groups in total.